The molecule has 0 radical (unpaired) electrons. The monoisotopic (exact) mass is 409 g/mol. The van der Waals surface area contributed by atoms with Gasteiger partial charge in [-0.2, -0.15) is 0 Å². The van der Waals surface area contributed by atoms with Gasteiger partial charge in [-0.3, -0.25) is 4.18 Å². The summed E-state index contributed by atoms with van der Waals surface area (Å²) in [6, 6.07) is 0. The third-order valence-corrected chi connectivity index (χ3v) is 4.56. The van der Waals surface area contributed by atoms with Gasteiger partial charge in [0.25, 0.3) is 0 Å². The molecule has 2 fully saturated rings. The van der Waals surface area contributed by atoms with Crippen LogP contribution in [0, 0.1) is 12.5 Å². The van der Waals surface area contributed by atoms with Gasteiger partial charge in [-0.15, -0.1) is 5.92 Å². The minimum atomic E-state index is -5.18. The molecule has 2 aliphatic heterocycles. The molecule has 2 saturated heterocycles. The SMILES string of the molecule is COC1OC(C)[C@H](O[C@@H]2O[CH-][C@@H](C)[C@H](O)[C@H]2O)[C@@H](OS(=O)(=O)[O-])[C@@H]1O.[Na+]. The zero-order valence-electron chi connectivity index (χ0n) is 14.8. The van der Waals surface area contributed by atoms with Gasteiger partial charge in [-0.25, -0.2) is 15.0 Å². The van der Waals surface area contributed by atoms with Crippen LogP contribution in [-0.4, -0.2) is 84.6 Å². The van der Waals surface area contributed by atoms with Crippen LogP contribution in [0.1, 0.15) is 13.8 Å². The standard InChI is InChI=1S/C13H23O11S.Na/c1-5-4-21-13(8(15)7(5)14)23-10-6(2)22-12(20-3)9(16)11(10)24-25(17,18)19;/h4-16H,1-3H3,(H,17,18,19);/q-1;+1/p-1/t5-,6?,7+,8-,9+,10+,11+,12?,13+;/m1./s1. The Hall–Kier alpha value is 0.590. The number of hydrogen-bond acceptors (Lipinski definition) is 11. The summed E-state index contributed by atoms with van der Waals surface area (Å²) in [4.78, 5) is 0. The van der Waals surface area contributed by atoms with Crippen molar-refractivity contribution >= 4 is 10.4 Å². The van der Waals surface area contributed by atoms with E-state index < -0.39 is 65.5 Å². The Morgan fingerprint density at radius 3 is 2.19 bits per heavy atom. The summed E-state index contributed by atoms with van der Waals surface area (Å²) in [6.07, 6.45) is -10.8. The maximum absolute atomic E-state index is 11.0. The van der Waals surface area contributed by atoms with E-state index in [1.807, 2.05) is 0 Å². The second kappa shape index (κ2) is 9.87. The van der Waals surface area contributed by atoms with Gasteiger partial charge in [0.1, 0.15) is 24.4 Å². The Labute approximate surface area is 173 Å². The molecule has 0 amide bonds. The number of rotatable bonds is 5. The Balaban J connectivity index is 0.00000338. The molecule has 0 aromatic rings. The molecule has 0 aromatic heterocycles. The van der Waals surface area contributed by atoms with Crippen molar-refractivity contribution in [2.24, 2.45) is 5.92 Å². The Bertz CT molecular complexity index is 546. The van der Waals surface area contributed by atoms with Crippen LogP contribution in [0.15, 0.2) is 0 Å². The fraction of sp³-hybridized carbons (Fsp3) is 0.923. The summed E-state index contributed by atoms with van der Waals surface area (Å²) in [5.74, 6) is -0.465. The topological polar surface area (TPSA) is 164 Å². The van der Waals surface area contributed by atoms with Gasteiger partial charge < -0.3 is 38.8 Å². The van der Waals surface area contributed by atoms with E-state index in [9.17, 15) is 28.3 Å². The van der Waals surface area contributed by atoms with Crippen molar-refractivity contribution in [3.8, 4) is 0 Å². The zero-order valence-corrected chi connectivity index (χ0v) is 17.6. The Kier molecular flexibility index (Phi) is 9.35. The minimum absolute atomic E-state index is 0. The van der Waals surface area contributed by atoms with E-state index >= 15 is 0 Å². The maximum atomic E-state index is 11.0. The van der Waals surface area contributed by atoms with Gasteiger partial charge in [0.15, 0.2) is 12.6 Å². The van der Waals surface area contributed by atoms with E-state index in [4.69, 9.17) is 18.9 Å². The predicted octanol–water partition coefficient (Wildman–Crippen LogP) is -5.15. The summed E-state index contributed by atoms with van der Waals surface area (Å²) in [5.41, 5.74) is 0. The van der Waals surface area contributed by atoms with Gasteiger partial charge in [0, 0.05) is 7.11 Å². The summed E-state index contributed by atoms with van der Waals surface area (Å²) in [7, 11) is -3.97. The zero-order chi connectivity index (χ0) is 18.9. The van der Waals surface area contributed by atoms with Gasteiger partial charge in [0.05, 0.1) is 12.2 Å². The molecule has 0 aliphatic carbocycles. The van der Waals surface area contributed by atoms with Crippen LogP contribution in [0.3, 0.4) is 0 Å². The number of ether oxygens (including phenoxy) is 4. The number of hydrogen-bond donors (Lipinski definition) is 3. The van der Waals surface area contributed by atoms with Crippen LogP contribution in [0.5, 0.6) is 0 Å². The largest absolute Gasteiger partial charge is 1.00 e. The van der Waals surface area contributed by atoms with E-state index in [0.717, 1.165) is 0 Å². The van der Waals surface area contributed by atoms with Crippen LogP contribution in [0.2, 0.25) is 0 Å². The molecule has 2 unspecified atom stereocenters. The smallest absolute Gasteiger partial charge is 0.726 e. The minimum Gasteiger partial charge on any atom is -0.726 e. The first-order chi connectivity index (χ1) is 11.5. The van der Waals surface area contributed by atoms with Crippen molar-refractivity contribution in [1.82, 2.24) is 0 Å². The fourth-order valence-electron chi connectivity index (χ4n) is 2.72. The summed E-state index contributed by atoms with van der Waals surface area (Å²) < 4.78 is 58.2. The van der Waals surface area contributed by atoms with Crippen LogP contribution >= 0.6 is 0 Å². The molecule has 148 valence electrons. The number of aliphatic hydroxyl groups is 3. The molecule has 2 rings (SSSR count). The second-order valence-electron chi connectivity index (χ2n) is 5.99. The van der Waals surface area contributed by atoms with Crippen LogP contribution in [0.25, 0.3) is 0 Å². The Morgan fingerprint density at radius 1 is 1.04 bits per heavy atom. The molecule has 3 N–H and O–H groups in total. The first-order valence-corrected chi connectivity index (χ1v) is 8.89. The summed E-state index contributed by atoms with van der Waals surface area (Å²) in [6.45, 7) is 4.33. The molecule has 11 nitrogen and oxygen atoms in total. The third-order valence-electron chi connectivity index (χ3n) is 4.10. The summed E-state index contributed by atoms with van der Waals surface area (Å²) in [5, 5.41) is 30.1. The van der Waals surface area contributed by atoms with Gasteiger partial charge in [0.2, 0.25) is 10.4 Å². The van der Waals surface area contributed by atoms with Gasteiger partial charge >= 0.3 is 29.6 Å². The second-order valence-corrected chi connectivity index (χ2v) is 7.00. The van der Waals surface area contributed by atoms with Crippen LogP contribution in [0.4, 0.5) is 0 Å². The molecular formula is C13H22NaO11S-. The van der Waals surface area contributed by atoms with E-state index in [-0.39, 0.29) is 29.6 Å². The molecule has 26 heavy (non-hydrogen) atoms. The van der Waals surface area contributed by atoms with E-state index in [1.54, 1.807) is 6.92 Å². The van der Waals surface area contributed by atoms with Crippen molar-refractivity contribution in [2.75, 3.05) is 7.11 Å². The van der Waals surface area contributed by atoms with Crippen molar-refractivity contribution in [2.45, 2.75) is 63.1 Å². The molecule has 2 aliphatic rings. The number of aliphatic hydroxyl groups excluding tert-OH is 3. The summed E-state index contributed by atoms with van der Waals surface area (Å²) >= 11 is 0. The predicted molar refractivity (Wildman–Crippen MR) is 77.1 cm³/mol. The molecule has 2 heterocycles. The third kappa shape index (κ3) is 5.80. The normalized spacial score (nSPS) is 44.3. The average molecular weight is 409 g/mol. The van der Waals surface area contributed by atoms with Gasteiger partial charge in [-0.05, 0) is 6.92 Å². The van der Waals surface area contributed by atoms with Crippen molar-refractivity contribution in [1.29, 1.82) is 0 Å². The molecular weight excluding hydrogens is 387 g/mol. The molecule has 0 spiro atoms. The maximum Gasteiger partial charge on any atom is 1.00 e. The van der Waals surface area contributed by atoms with Crippen LogP contribution < -0.4 is 29.6 Å². The molecule has 0 saturated carbocycles. The van der Waals surface area contributed by atoms with Crippen molar-refractivity contribution in [3.63, 3.8) is 0 Å². The quantitative estimate of drug-likeness (QED) is 0.172. The van der Waals surface area contributed by atoms with Crippen molar-refractivity contribution in [3.05, 3.63) is 6.61 Å². The average Bonchev–Trinajstić information content (AvgIpc) is 2.52. The molecule has 13 heteroatoms. The first-order valence-electron chi connectivity index (χ1n) is 7.56. The van der Waals surface area contributed by atoms with Gasteiger partial charge in [-0.1, -0.05) is 6.92 Å². The Morgan fingerprint density at radius 2 is 1.65 bits per heavy atom. The van der Waals surface area contributed by atoms with E-state index in [1.165, 1.54) is 20.6 Å². The van der Waals surface area contributed by atoms with E-state index in [2.05, 4.69) is 4.18 Å². The van der Waals surface area contributed by atoms with Crippen molar-refractivity contribution < 1.29 is 81.0 Å². The molecule has 0 aromatic carbocycles. The van der Waals surface area contributed by atoms with Crippen LogP contribution in [-0.2, 0) is 33.5 Å². The first kappa shape index (κ1) is 24.6. The molecule has 9 atom stereocenters. The van der Waals surface area contributed by atoms with E-state index in [0.29, 0.717) is 0 Å². The fourth-order valence-corrected chi connectivity index (χ4v) is 3.21. The number of methoxy groups -OCH3 is 1. The molecule has 0 bridgehead atoms.